The van der Waals surface area contributed by atoms with Crippen molar-refractivity contribution in [1.82, 2.24) is 10.2 Å². The van der Waals surface area contributed by atoms with Crippen LogP contribution < -0.4 is 5.32 Å². The molecule has 0 aromatic rings. The lowest BCUT2D eigenvalue weighted by atomic mass is 10.1. The Morgan fingerprint density at radius 2 is 2.05 bits per heavy atom. The second-order valence-electron chi connectivity index (χ2n) is 6.24. The quantitative estimate of drug-likeness (QED) is 0.780. The van der Waals surface area contributed by atoms with E-state index in [-0.39, 0.29) is 12.2 Å². The highest BCUT2D eigenvalue weighted by Gasteiger charge is 2.43. The van der Waals surface area contributed by atoms with Crippen LogP contribution in [0.2, 0.25) is 0 Å². The van der Waals surface area contributed by atoms with Crippen LogP contribution >= 0.6 is 0 Å². The fraction of sp³-hybridized carbons (Fsp3) is 0.938. The van der Waals surface area contributed by atoms with E-state index in [0.29, 0.717) is 18.1 Å². The van der Waals surface area contributed by atoms with Crippen molar-refractivity contribution < 1.29 is 9.53 Å². The number of ether oxygens (including phenoxy) is 1. The van der Waals surface area contributed by atoms with Gasteiger partial charge in [-0.2, -0.15) is 0 Å². The molecule has 0 spiro atoms. The van der Waals surface area contributed by atoms with Gasteiger partial charge in [-0.15, -0.1) is 0 Å². The average Bonchev–Trinajstić information content (AvgIpc) is 3.02. The van der Waals surface area contributed by atoms with Gasteiger partial charge >= 0.3 is 0 Å². The van der Waals surface area contributed by atoms with Gasteiger partial charge in [-0.1, -0.05) is 33.1 Å². The van der Waals surface area contributed by atoms with Crippen molar-refractivity contribution in [3.05, 3.63) is 0 Å². The molecule has 4 nitrogen and oxygen atoms in total. The molecule has 0 radical (unpaired) electrons. The maximum Gasteiger partial charge on any atom is 0.241 e. The maximum atomic E-state index is 12.7. The minimum absolute atomic E-state index is 0.0492. The molecule has 1 aliphatic carbocycles. The largest absolute Gasteiger partial charge is 0.381 e. The van der Waals surface area contributed by atoms with Crippen molar-refractivity contribution in [2.75, 3.05) is 7.11 Å². The summed E-state index contributed by atoms with van der Waals surface area (Å²) in [5, 5.41) is 3.57. The van der Waals surface area contributed by atoms with Gasteiger partial charge in [0.25, 0.3) is 0 Å². The van der Waals surface area contributed by atoms with Crippen molar-refractivity contribution in [2.24, 2.45) is 0 Å². The molecule has 2 fully saturated rings. The van der Waals surface area contributed by atoms with Gasteiger partial charge in [0.1, 0.15) is 0 Å². The Morgan fingerprint density at radius 3 is 2.65 bits per heavy atom. The first-order valence-electron chi connectivity index (χ1n) is 8.32. The van der Waals surface area contributed by atoms with E-state index in [1.54, 1.807) is 7.11 Å². The Bertz CT molecular complexity index is 322. The molecule has 116 valence electrons. The first-order valence-corrected chi connectivity index (χ1v) is 8.32. The van der Waals surface area contributed by atoms with E-state index in [0.717, 1.165) is 51.4 Å². The normalized spacial score (nSPS) is 34.1. The number of nitrogens with one attached hydrogen (secondary N) is 1. The molecule has 0 bridgehead atoms. The summed E-state index contributed by atoms with van der Waals surface area (Å²) >= 11 is 0. The van der Waals surface area contributed by atoms with Crippen molar-refractivity contribution in [3.63, 3.8) is 0 Å². The lowest BCUT2D eigenvalue weighted by molar-refractivity contribution is -0.132. The van der Waals surface area contributed by atoms with E-state index in [2.05, 4.69) is 24.1 Å². The monoisotopic (exact) mass is 282 g/mol. The smallest absolute Gasteiger partial charge is 0.241 e. The first-order chi connectivity index (χ1) is 9.71. The summed E-state index contributed by atoms with van der Waals surface area (Å²) in [4.78, 5) is 14.9. The number of hydrogen-bond acceptors (Lipinski definition) is 3. The number of amides is 1. The molecule has 1 aliphatic heterocycles. The Kier molecular flexibility index (Phi) is 5.85. The molecule has 4 unspecified atom stereocenters. The first kappa shape index (κ1) is 15.8. The predicted octanol–water partition coefficient (Wildman–Crippen LogP) is 2.67. The van der Waals surface area contributed by atoms with Crippen LogP contribution in [0.5, 0.6) is 0 Å². The number of rotatable bonds is 7. The van der Waals surface area contributed by atoms with E-state index in [9.17, 15) is 4.79 Å². The highest BCUT2D eigenvalue weighted by Crippen LogP contribution is 2.31. The Balaban J connectivity index is 2.01. The third-order valence-electron chi connectivity index (χ3n) is 4.77. The number of nitrogens with zero attached hydrogens (tertiary/aromatic N) is 1. The summed E-state index contributed by atoms with van der Waals surface area (Å²) < 4.78 is 5.46. The number of hydrogen-bond donors (Lipinski definition) is 1. The van der Waals surface area contributed by atoms with Crippen LogP contribution in [0.1, 0.15) is 65.2 Å². The average molecular weight is 282 g/mol. The Morgan fingerprint density at radius 1 is 1.25 bits per heavy atom. The highest BCUT2D eigenvalue weighted by atomic mass is 16.5. The number of unbranched alkanes of at least 4 members (excludes halogenated alkanes) is 1. The molecule has 4 heteroatoms. The van der Waals surface area contributed by atoms with Gasteiger partial charge in [-0.25, -0.2) is 0 Å². The molecule has 2 aliphatic rings. The van der Waals surface area contributed by atoms with Gasteiger partial charge in [0, 0.05) is 13.2 Å². The van der Waals surface area contributed by atoms with Gasteiger partial charge in [-0.3, -0.25) is 10.1 Å². The molecule has 1 saturated carbocycles. The minimum Gasteiger partial charge on any atom is -0.381 e. The molecule has 20 heavy (non-hydrogen) atoms. The molecule has 4 atom stereocenters. The summed E-state index contributed by atoms with van der Waals surface area (Å²) in [6.07, 6.45) is 9.19. The zero-order valence-corrected chi connectivity index (χ0v) is 13.2. The fourth-order valence-corrected chi connectivity index (χ4v) is 3.65. The van der Waals surface area contributed by atoms with Crippen LogP contribution in [0.25, 0.3) is 0 Å². The van der Waals surface area contributed by atoms with E-state index in [1.807, 2.05) is 0 Å². The zero-order chi connectivity index (χ0) is 14.5. The van der Waals surface area contributed by atoms with Gasteiger partial charge in [-0.05, 0) is 32.1 Å². The Labute approximate surface area is 123 Å². The van der Waals surface area contributed by atoms with Crippen molar-refractivity contribution in [1.29, 1.82) is 0 Å². The number of carbonyl (C=O) groups is 1. The molecule has 1 saturated heterocycles. The fourth-order valence-electron chi connectivity index (χ4n) is 3.65. The van der Waals surface area contributed by atoms with E-state index in [1.165, 1.54) is 0 Å². The van der Waals surface area contributed by atoms with Crippen molar-refractivity contribution in [2.45, 2.75) is 89.6 Å². The van der Waals surface area contributed by atoms with Crippen LogP contribution in [-0.2, 0) is 9.53 Å². The third kappa shape index (κ3) is 3.34. The lowest BCUT2D eigenvalue weighted by Crippen LogP contribution is -2.43. The highest BCUT2D eigenvalue weighted by molar-refractivity contribution is 5.84. The van der Waals surface area contributed by atoms with Crippen LogP contribution in [-0.4, -0.2) is 42.3 Å². The number of methoxy groups -OCH3 is 1. The predicted molar refractivity (Wildman–Crippen MR) is 80.4 cm³/mol. The standard InChI is InChI=1S/C16H30N2O2/c1-4-6-8-14-16(19)18(15(17-14)7-5-2)12-9-10-13(11-12)20-3/h12-15,17H,4-11H2,1-3H3. The SMILES string of the molecule is CCCCC1NC(CCC)N(C2CCC(OC)C2)C1=O. The second kappa shape index (κ2) is 7.41. The topological polar surface area (TPSA) is 41.6 Å². The van der Waals surface area contributed by atoms with Crippen LogP contribution in [0, 0.1) is 0 Å². The van der Waals surface area contributed by atoms with Crippen LogP contribution in [0.4, 0.5) is 0 Å². The lowest BCUT2D eigenvalue weighted by Gasteiger charge is -2.30. The van der Waals surface area contributed by atoms with E-state index < -0.39 is 0 Å². The summed E-state index contributed by atoms with van der Waals surface area (Å²) in [5.74, 6) is 0.332. The third-order valence-corrected chi connectivity index (χ3v) is 4.77. The van der Waals surface area contributed by atoms with Gasteiger partial charge < -0.3 is 9.64 Å². The molecular weight excluding hydrogens is 252 g/mol. The zero-order valence-electron chi connectivity index (χ0n) is 13.2. The van der Waals surface area contributed by atoms with Crippen molar-refractivity contribution in [3.8, 4) is 0 Å². The summed E-state index contributed by atoms with van der Waals surface area (Å²) in [7, 11) is 1.78. The minimum atomic E-state index is 0.0492. The molecule has 0 aromatic carbocycles. The van der Waals surface area contributed by atoms with Crippen LogP contribution in [0.3, 0.4) is 0 Å². The van der Waals surface area contributed by atoms with E-state index in [4.69, 9.17) is 4.74 Å². The Hall–Kier alpha value is -0.610. The summed E-state index contributed by atoms with van der Waals surface area (Å²) in [6.45, 7) is 4.37. The summed E-state index contributed by atoms with van der Waals surface area (Å²) in [6, 6.07) is 0.427. The molecule has 2 rings (SSSR count). The van der Waals surface area contributed by atoms with Gasteiger partial charge in [0.2, 0.25) is 5.91 Å². The van der Waals surface area contributed by atoms with Crippen LogP contribution in [0.15, 0.2) is 0 Å². The summed E-state index contributed by atoms with van der Waals surface area (Å²) in [5.41, 5.74) is 0. The number of carbonyl (C=O) groups excluding carboxylic acids is 1. The van der Waals surface area contributed by atoms with E-state index >= 15 is 0 Å². The second-order valence-corrected chi connectivity index (χ2v) is 6.24. The molecule has 1 heterocycles. The molecule has 0 aromatic heterocycles. The van der Waals surface area contributed by atoms with Crippen molar-refractivity contribution >= 4 is 5.91 Å². The van der Waals surface area contributed by atoms with Gasteiger partial charge in [0.05, 0.1) is 18.3 Å². The molecule has 1 amide bonds. The van der Waals surface area contributed by atoms with Gasteiger partial charge in [0.15, 0.2) is 0 Å². The molecule has 1 N–H and O–H groups in total. The maximum absolute atomic E-state index is 12.7. The molecular formula is C16H30N2O2.